The Bertz CT molecular complexity index is 884. The molecule has 152 valence electrons. The molecule has 0 aromatic heterocycles. The molecule has 0 spiro atoms. The number of halogens is 1. The number of Topliss-reactive ketones (excluding diaryl/α,β-unsaturated/α-hetero) is 1. The lowest BCUT2D eigenvalue weighted by atomic mass is 9.75. The molecule has 2 aromatic rings. The van der Waals surface area contributed by atoms with E-state index < -0.39 is 5.82 Å². The maximum absolute atomic E-state index is 14.5. The van der Waals surface area contributed by atoms with Crippen LogP contribution < -0.4 is 0 Å². The molecule has 5 heteroatoms. The number of piperidine rings is 2. The van der Waals surface area contributed by atoms with Gasteiger partial charge in [-0.25, -0.2) is 9.18 Å². The predicted octanol–water partition coefficient (Wildman–Crippen LogP) is 5.29. The molecule has 29 heavy (non-hydrogen) atoms. The molecule has 4 nitrogen and oxygen atoms in total. The number of carbonyl (C=O) groups is 2. The Morgan fingerprint density at radius 3 is 2.41 bits per heavy atom. The lowest BCUT2D eigenvalue weighted by Crippen LogP contribution is -2.55. The number of benzene rings is 2. The number of amides is 1. The van der Waals surface area contributed by atoms with Crippen LogP contribution in [0, 0.1) is 18.7 Å². The molecule has 0 radical (unpaired) electrons. The van der Waals surface area contributed by atoms with Crippen LogP contribution >= 0.6 is 0 Å². The summed E-state index contributed by atoms with van der Waals surface area (Å²) in [6.45, 7) is 1.92. The molecule has 2 fully saturated rings. The van der Waals surface area contributed by atoms with Crippen molar-refractivity contribution in [2.45, 2.75) is 57.7 Å². The third-order valence-corrected chi connectivity index (χ3v) is 6.22. The maximum Gasteiger partial charge on any atom is 0.410 e. The van der Waals surface area contributed by atoms with E-state index in [-0.39, 0.29) is 42.0 Å². The summed E-state index contributed by atoms with van der Waals surface area (Å²) in [6.07, 6.45) is 3.59. The molecule has 2 atom stereocenters. The number of ether oxygens (including phenoxy) is 1. The summed E-state index contributed by atoms with van der Waals surface area (Å²) in [5.74, 6) is -0.812. The van der Waals surface area contributed by atoms with Crippen molar-refractivity contribution in [3.05, 3.63) is 71.0 Å². The zero-order valence-corrected chi connectivity index (χ0v) is 16.6. The average Bonchev–Trinajstić information content (AvgIpc) is 2.73. The molecule has 2 aliphatic heterocycles. The molecule has 2 aliphatic rings. The van der Waals surface area contributed by atoms with Crippen LogP contribution in [0.1, 0.15) is 53.6 Å². The zero-order chi connectivity index (χ0) is 20.4. The summed E-state index contributed by atoms with van der Waals surface area (Å²) in [4.78, 5) is 27.6. The molecule has 0 aliphatic carbocycles. The Balaban J connectivity index is 1.45. The first-order valence-electron chi connectivity index (χ1n) is 10.3. The van der Waals surface area contributed by atoms with Gasteiger partial charge in [-0.05, 0) is 56.2 Å². The Morgan fingerprint density at radius 1 is 1.03 bits per heavy atom. The number of ketones is 1. The van der Waals surface area contributed by atoms with Gasteiger partial charge in [-0.3, -0.25) is 4.79 Å². The Hall–Kier alpha value is -2.69. The van der Waals surface area contributed by atoms with E-state index in [1.807, 2.05) is 35.2 Å². The quantitative estimate of drug-likeness (QED) is 0.661. The fourth-order valence-corrected chi connectivity index (χ4v) is 4.75. The SMILES string of the molecule is Cc1cccc(C(=O)C2CC3CCCC(C2)N3C(=O)OCc2ccccc2)c1F. The van der Waals surface area contributed by atoms with Crippen molar-refractivity contribution < 1.29 is 18.7 Å². The standard InChI is InChI=1S/C24H26FNO3/c1-16-7-5-12-21(22(16)25)23(27)18-13-19-10-6-11-20(14-18)26(19)24(28)29-15-17-8-3-2-4-9-17/h2-5,7-9,12,18-20H,6,10-11,13-15H2,1H3. The summed E-state index contributed by atoms with van der Waals surface area (Å²) < 4.78 is 20.0. The first kappa shape index (κ1) is 19.6. The van der Waals surface area contributed by atoms with Gasteiger partial charge in [-0.1, -0.05) is 42.5 Å². The molecule has 2 heterocycles. The highest BCUT2D eigenvalue weighted by atomic mass is 19.1. The lowest BCUT2D eigenvalue weighted by molar-refractivity contribution is 0.00464. The predicted molar refractivity (Wildman–Crippen MR) is 108 cm³/mol. The van der Waals surface area contributed by atoms with Crippen molar-refractivity contribution in [3.63, 3.8) is 0 Å². The highest BCUT2D eigenvalue weighted by molar-refractivity contribution is 5.98. The molecule has 2 unspecified atom stereocenters. The summed E-state index contributed by atoms with van der Waals surface area (Å²) in [6, 6.07) is 14.5. The molecule has 2 bridgehead atoms. The second-order valence-corrected chi connectivity index (χ2v) is 8.16. The molecule has 0 saturated carbocycles. The third kappa shape index (κ3) is 4.04. The summed E-state index contributed by atoms with van der Waals surface area (Å²) in [5, 5.41) is 0. The minimum Gasteiger partial charge on any atom is -0.445 e. The second-order valence-electron chi connectivity index (χ2n) is 8.16. The van der Waals surface area contributed by atoms with Crippen molar-refractivity contribution in [2.75, 3.05) is 0 Å². The normalized spacial score (nSPS) is 23.5. The number of rotatable bonds is 4. The van der Waals surface area contributed by atoms with Gasteiger partial charge in [0.15, 0.2) is 5.78 Å². The number of hydrogen-bond acceptors (Lipinski definition) is 3. The first-order chi connectivity index (χ1) is 14.0. The minimum atomic E-state index is -0.424. The monoisotopic (exact) mass is 395 g/mol. The van der Waals surface area contributed by atoms with Crippen LogP contribution in [0.2, 0.25) is 0 Å². The van der Waals surface area contributed by atoms with Crippen LogP contribution in [-0.4, -0.2) is 28.9 Å². The number of hydrogen-bond donors (Lipinski definition) is 0. The highest BCUT2D eigenvalue weighted by Crippen LogP contribution is 2.39. The van der Waals surface area contributed by atoms with E-state index in [2.05, 4.69) is 0 Å². The second kappa shape index (κ2) is 8.36. The summed E-state index contributed by atoms with van der Waals surface area (Å²) >= 11 is 0. The van der Waals surface area contributed by atoms with Crippen LogP contribution in [0.5, 0.6) is 0 Å². The molecular weight excluding hydrogens is 369 g/mol. The smallest absolute Gasteiger partial charge is 0.410 e. The van der Waals surface area contributed by atoms with E-state index in [9.17, 15) is 14.0 Å². The van der Waals surface area contributed by atoms with Gasteiger partial charge in [0.2, 0.25) is 0 Å². The van der Waals surface area contributed by atoms with E-state index >= 15 is 0 Å². The van der Waals surface area contributed by atoms with Crippen molar-refractivity contribution in [1.82, 2.24) is 4.90 Å². The number of carbonyl (C=O) groups excluding carboxylic acids is 2. The van der Waals surface area contributed by atoms with Crippen LogP contribution in [0.4, 0.5) is 9.18 Å². The van der Waals surface area contributed by atoms with Crippen LogP contribution in [0.15, 0.2) is 48.5 Å². The van der Waals surface area contributed by atoms with Gasteiger partial charge < -0.3 is 9.64 Å². The van der Waals surface area contributed by atoms with Gasteiger partial charge in [0.25, 0.3) is 0 Å². The van der Waals surface area contributed by atoms with Crippen molar-refractivity contribution in [1.29, 1.82) is 0 Å². The largest absolute Gasteiger partial charge is 0.445 e. The number of fused-ring (bicyclic) bond motifs is 2. The summed E-state index contributed by atoms with van der Waals surface area (Å²) in [5.41, 5.74) is 1.61. The molecule has 2 saturated heterocycles. The van der Waals surface area contributed by atoms with Gasteiger partial charge in [0.1, 0.15) is 12.4 Å². The van der Waals surface area contributed by atoms with Gasteiger partial charge in [0.05, 0.1) is 5.56 Å². The fourth-order valence-electron chi connectivity index (χ4n) is 4.75. The average molecular weight is 395 g/mol. The van der Waals surface area contributed by atoms with Crippen LogP contribution in [0.3, 0.4) is 0 Å². The molecule has 0 N–H and O–H groups in total. The maximum atomic E-state index is 14.5. The Labute approximate surface area is 170 Å². The van der Waals surface area contributed by atoms with E-state index in [1.165, 1.54) is 0 Å². The third-order valence-electron chi connectivity index (χ3n) is 6.22. The fraction of sp³-hybridized carbons (Fsp3) is 0.417. The number of aryl methyl sites for hydroxylation is 1. The minimum absolute atomic E-state index is 0.0207. The zero-order valence-electron chi connectivity index (χ0n) is 16.6. The van der Waals surface area contributed by atoms with Gasteiger partial charge in [0, 0.05) is 18.0 Å². The molecule has 1 amide bonds. The van der Waals surface area contributed by atoms with Crippen LogP contribution in [-0.2, 0) is 11.3 Å². The van der Waals surface area contributed by atoms with Crippen molar-refractivity contribution in [3.8, 4) is 0 Å². The van der Waals surface area contributed by atoms with E-state index in [0.29, 0.717) is 18.4 Å². The Kier molecular flexibility index (Phi) is 5.65. The molecule has 2 aromatic carbocycles. The van der Waals surface area contributed by atoms with E-state index in [1.54, 1.807) is 25.1 Å². The van der Waals surface area contributed by atoms with E-state index in [0.717, 1.165) is 24.8 Å². The lowest BCUT2D eigenvalue weighted by Gasteiger charge is -2.47. The molecule has 4 rings (SSSR count). The number of nitrogens with zero attached hydrogens (tertiary/aromatic N) is 1. The highest BCUT2D eigenvalue weighted by Gasteiger charge is 2.44. The first-order valence-corrected chi connectivity index (χ1v) is 10.3. The topological polar surface area (TPSA) is 46.6 Å². The van der Waals surface area contributed by atoms with Crippen molar-refractivity contribution >= 4 is 11.9 Å². The molecular formula is C24H26FNO3. The van der Waals surface area contributed by atoms with E-state index in [4.69, 9.17) is 4.74 Å². The Morgan fingerprint density at radius 2 is 1.72 bits per heavy atom. The van der Waals surface area contributed by atoms with Gasteiger partial charge >= 0.3 is 6.09 Å². The van der Waals surface area contributed by atoms with Gasteiger partial charge in [-0.15, -0.1) is 0 Å². The summed E-state index contributed by atoms with van der Waals surface area (Å²) in [7, 11) is 0. The van der Waals surface area contributed by atoms with Crippen molar-refractivity contribution in [2.24, 2.45) is 5.92 Å². The van der Waals surface area contributed by atoms with Gasteiger partial charge in [-0.2, -0.15) is 0 Å². The van der Waals surface area contributed by atoms with Crippen LogP contribution in [0.25, 0.3) is 0 Å².